The van der Waals surface area contributed by atoms with Gasteiger partial charge in [-0.05, 0) is 24.5 Å². The van der Waals surface area contributed by atoms with E-state index in [0.717, 1.165) is 11.8 Å². The molecule has 13 heteroatoms. The number of esters is 1. The normalized spacial score (nSPS) is 33.8. The van der Waals surface area contributed by atoms with E-state index in [4.69, 9.17) is 18.9 Å². The van der Waals surface area contributed by atoms with Gasteiger partial charge in [0.05, 0.1) is 31.6 Å². The van der Waals surface area contributed by atoms with Crippen LogP contribution in [0.4, 0.5) is 0 Å². The Morgan fingerprint density at radius 3 is 2.50 bits per heavy atom. The highest BCUT2D eigenvalue weighted by molar-refractivity contribution is 5.89. The number of phenolic OH excluding ortho intramolecular Hbond substituents is 2. The van der Waals surface area contributed by atoms with Crippen molar-refractivity contribution in [3.63, 3.8) is 0 Å². The van der Waals surface area contributed by atoms with E-state index in [1.807, 2.05) is 0 Å². The van der Waals surface area contributed by atoms with Crippen LogP contribution < -0.4 is 0 Å². The minimum absolute atomic E-state index is 0.0547. The molecule has 220 valence electrons. The summed E-state index contributed by atoms with van der Waals surface area (Å²) >= 11 is 0. The smallest absolute Gasteiger partial charge is 0.337 e. The number of aliphatic hydroxyl groups is 4. The molecule has 3 heterocycles. The van der Waals surface area contributed by atoms with Crippen LogP contribution in [0.2, 0.25) is 0 Å². The van der Waals surface area contributed by atoms with Gasteiger partial charge in [-0.1, -0.05) is 12.1 Å². The molecule has 3 aliphatic heterocycles. The molecule has 3 aliphatic rings. The molecule has 0 radical (unpaired) electrons. The van der Waals surface area contributed by atoms with Crippen LogP contribution in [-0.2, 0) is 35.0 Å². The number of ether oxygens (including phenoxy) is 4. The number of phenols is 2. The quantitative estimate of drug-likeness (QED) is 0.142. The molecule has 1 aromatic rings. The van der Waals surface area contributed by atoms with E-state index >= 15 is 0 Å². The third-order valence-corrected chi connectivity index (χ3v) is 7.82. The molecule has 1 saturated heterocycles. The van der Waals surface area contributed by atoms with Gasteiger partial charge in [-0.3, -0.25) is 4.79 Å². The van der Waals surface area contributed by atoms with E-state index in [9.17, 15) is 40.2 Å². The average Bonchev–Trinajstić information content (AvgIpc) is 2.94. The van der Waals surface area contributed by atoms with Crippen molar-refractivity contribution in [2.75, 3.05) is 20.3 Å². The Hall–Kier alpha value is -3.20. The van der Waals surface area contributed by atoms with E-state index in [1.54, 1.807) is 11.0 Å². The Kier molecular flexibility index (Phi) is 9.02. The number of amides is 1. The summed E-state index contributed by atoms with van der Waals surface area (Å²) in [7, 11) is 1.20. The molecular weight excluding hydrogens is 530 g/mol. The van der Waals surface area contributed by atoms with Crippen LogP contribution in [0.1, 0.15) is 30.5 Å². The lowest BCUT2D eigenvalue weighted by molar-refractivity contribution is -0.339. The summed E-state index contributed by atoms with van der Waals surface area (Å²) in [6.07, 6.45) is -5.86. The first-order valence-electron chi connectivity index (χ1n) is 12.9. The number of hydrogen-bond donors (Lipinski definition) is 6. The molecule has 1 amide bonds. The van der Waals surface area contributed by atoms with Gasteiger partial charge in [0.15, 0.2) is 17.8 Å². The van der Waals surface area contributed by atoms with E-state index < -0.39 is 67.4 Å². The van der Waals surface area contributed by atoms with Crippen LogP contribution in [0.25, 0.3) is 0 Å². The van der Waals surface area contributed by atoms with Crippen LogP contribution in [0.5, 0.6) is 11.5 Å². The third kappa shape index (κ3) is 5.40. The van der Waals surface area contributed by atoms with Crippen LogP contribution in [0.15, 0.2) is 36.6 Å². The Morgan fingerprint density at radius 2 is 1.88 bits per heavy atom. The van der Waals surface area contributed by atoms with Crippen molar-refractivity contribution in [2.24, 2.45) is 11.8 Å². The minimum Gasteiger partial charge on any atom is -0.504 e. The van der Waals surface area contributed by atoms with Crippen molar-refractivity contribution >= 4 is 11.9 Å². The summed E-state index contributed by atoms with van der Waals surface area (Å²) in [6, 6.07) is 2.28. The number of carbonyl (C=O) groups is 2. The maximum Gasteiger partial charge on any atom is 0.337 e. The molecule has 0 bridgehead atoms. The summed E-state index contributed by atoms with van der Waals surface area (Å²) in [5.41, 5.74) is 1.18. The van der Waals surface area contributed by atoms with Crippen molar-refractivity contribution in [2.45, 2.75) is 62.8 Å². The molecule has 0 aromatic heterocycles. The molecule has 6 N–H and O–H groups in total. The molecule has 0 spiro atoms. The minimum atomic E-state index is -1.70. The second-order valence-electron chi connectivity index (χ2n) is 10.0. The van der Waals surface area contributed by atoms with E-state index in [0.29, 0.717) is 18.5 Å². The van der Waals surface area contributed by atoms with Gasteiger partial charge in [-0.2, -0.15) is 0 Å². The van der Waals surface area contributed by atoms with Gasteiger partial charge in [-0.15, -0.1) is 6.58 Å². The zero-order chi connectivity index (χ0) is 29.3. The van der Waals surface area contributed by atoms with Crippen molar-refractivity contribution in [1.82, 2.24) is 4.90 Å². The van der Waals surface area contributed by atoms with Crippen molar-refractivity contribution in [3.05, 3.63) is 47.7 Å². The number of rotatable bonds is 7. The number of methoxy groups -OCH3 is 1. The molecule has 4 rings (SSSR count). The predicted molar refractivity (Wildman–Crippen MR) is 135 cm³/mol. The van der Waals surface area contributed by atoms with Crippen LogP contribution in [0.3, 0.4) is 0 Å². The van der Waals surface area contributed by atoms with Crippen LogP contribution in [0, 0.1) is 11.8 Å². The number of benzene rings is 1. The summed E-state index contributed by atoms with van der Waals surface area (Å²) in [6.45, 7) is 4.92. The lowest BCUT2D eigenvalue weighted by Gasteiger charge is -2.44. The fourth-order valence-electron chi connectivity index (χ4n) is 5.67. The van der Waals surface area contributed by atoms with Gasteiger partial charge in [0.1, 0.15) is 24.4 Å². The second kappa shape index (κ2) is 12.1. The van der Waals surface area contributed by atoms with Gasteiger partial charge < -0.3 is 54.5 Å². The average molecular weight is 566 g/mol. The summed E-state index contributed by atoms with van der Waals surface area (Å²) < 4.78 is 22.0. The topological polar surface area (TPSA) is 196 Å². The van der Waals surface area contributed by atoms with Gasteiger partial charge in [-0.25, -0.2) is 4.79 Å². The standard InChI is InChI=1S/C27H35NO12/c1-4-14-15(9-17-20-13(5-6-18(31)21(20)32)7-8-28(17)12(2)30)16(25(36)37-3)11-38-26(14)40-27-24(35)23(34)22(33)19(10-29)39-27/h4-6,11,14-15,17,19,22-24,26-27,29,31-35H,1,7-10H2,2-3H3/t14-,15+,17-,19-,22-,23+,24-,26+,27+/m1/s1. The monoisotopic (exact) mass is 565 g/mol. The number of nitrogens with zero attached hydrogens (tertiary/aromatic N) is 1. The highest BCUT2D eigenvalue weighted by Crippen LogP contribution is 2.47. The summed E-state index contributed by atoms with van der Waals surface area (Å²) in [4.78, 5) is 27.0. The Bertz CT molecular complexity index is 1150. The number of hydrogen-bond acceptors (Lipinski definition) is 12. The highest BCUT2D eigenvalue weighted by Gasteiger charge is 2.48. The second-order valence-corrected chi connectivity index (χ2v) is 10.0. The maximum absolute atomic E-state index is 12.8. The Morgan fingerprint density at radius 1 is 1.15 bits per heavy atom. The SMILES string of the molecule is C=C[C@H]1[C@H](O[C@@H]2O[C@H](CO)[C@@H](O)[C@H](O)[C@H]2O)OC=C(C(=O)OC)[C@H]1C[C@@H]1c2c(ccc(O)c2O)CCN1C(C)=O. The Labute approximate surface area is 230 Å². The van der Waals surface area contributed by atoms with Gasteiger partial charge in [0.2, 0.25) is 12.2 Å². The van der Waals surface area contributed by atoms with Gasteiger partial charge >= 0.3 is 5.97 Å². The molecule has 0 aliphatic carbocycles. The number of aromatic hydroxyl groups is 2. The molecule has 9 atom stereocenters. The first kappa shape index (κ1) is 29.8. The van der Waals surface area contributed by atoms with E-state index in [2.05, 4.69) is 6.58 Å². The molecule has 13 nitrogen and oxygen atoms in total. The first-order chi connectivity index (χ1) is 19.0. The molecular formula is C27H35NO12. The van der Waals surface area contributed by atoms with Crippen molar-refractivity contribution in [1.29, 1.82) is 0 Å². The summed E-state index contributed by atoms with van der Waals surface area (Å²) in [5, 5.41) is 61.3. The van der Waals surface area contributed by atoms with Crippen LogP contribution in [-0.4, -0.2) is 105 Å². The van der Waals surface area contributed by atoms with Crippen molar-refractivity contribution < 1.29 is 59.2 Å². The fraction of sp³-hybridized carbons (Fsp3) is 0.556. The molecule has 1 fully saturated rings. The Balaban J connectivity index is 1.70. The lowest BCUT2D eigenvalue weighted by Crippen LogP contribution is -2.60. The van der Waals surface area contributed by atoms with E-state index in [1.165, 1.54) is 26.2 Å². The van der Waals surface area contributed by atoms with Gasteiger partial charge in [0, 0.05) is 30.9 Å². The van der Waals surface area contributed by atoms with Crippen LogP contribution >= 0.6 is 0 Å². The maximum atomic E-state index is 12.8. The number of aliphatic hydroxyl groups excluding tert-OH is 4. The number of fused-ring (bicyclic) bond motifs is 1. The molecule has 0 saturated carbocycles. The molecule has 40 heavy (non-hydrogen) atoms. The zero-order valence-electron chi connectivity index (χ0n) is 22.1. The fourth-order valence-corrected chi connectivity index (χ4v) is 5.67. The molecule has 0 unspecified atom stereocenters. The predicted octanol–water partition coefficient (Wildman–Crippen LogP) is -0.418. The highest BCUT2D eigenvalue weighted by atomic mass is 16.8. The zero-order valence-corrected chi connectivity index (χ0v) is 22.1. The third-order valence-electron chi connectivity index (χ3n) is 7.82. The van der Waals surface area contributed by atoms with Crippen molar-refractivity contribution in [3.8, 4) is 11.5 Å². The summed E-state index contributed by atoms with van der Waals surface area (Å²) in [5.74, 6) is -3.30. The van der Waals surface area contributed by atoms with Gasteiger partial charge in [0.25, 0.3) is 0 Å². The van der Waals surface area contributed by atoms with E-state index in [-0.39, 0.29) is 29.4 Å². The lowest BCUT2D eigenvalue weighted by atomic mass is 9.76. The number of carbonyl (C=O) groups excluding carboxylic acids is 2. The first-order valence-corrected chi connectivity index (χ1v) is 12.9. The largest absolute Gasteiger partial charge is 0.504 e. The molecule has 1 aromatic carbocycles.